The number of carbonyl (C=O) groups is 1. The van der Waals surface area contributed by atoms with Crippen molar-refractivity contribution in [3.63, 3.8) is 0 Å². The van der Waals surface area contributed by atoms with E-state index >= 15 is 0 Å². The summed E-state index contributed by atoms with van der Waals surface area (Å²) in [7, 11) is 0. The summed E-state index contributed by atoms with van der Waals surface area (Å²) in [5.41, 5.74) is 2.33. The van der Waals surface area contributed by atoms with Gasteiger partial charge in [0.15, 0.2) is 0 Å². The molecule has 0 aromatic carbocycles. The van der Waals surface area contributed by atoms with Gasteiger partial charge in [0.2, 0.25) is 5.91 Å². The average Bonchev–Trinajstić information content (AvgIpc) is 2.29. The predicted molar refractivity (Wildman–Crippen MR) is 63.0 cm³/mol. The zero-order valence-corrected chi connectivity index (χ0v) is 9.94. The molecular weight excluding hydrogens is 200 g/mol. The van der Waals surface area contributed by atoms with Crippen LogP contribution in [0.4, 0.5) is 0 Å². The van der Waals surface area contributed by atoms with Gasteiger partial charge in [0.05, 0.1) is 6.04 Å². The van der Waals surface area contributed by atoms with Crippen LogP contribution in [-0.4, -0.2) is 22.3 Å². The van der Waals surface area contributed by atoms with E-state index in [0.717, 1.165) is 24.9 Å². The van der Waals surface area contributed by atoms with Gasteiger partial charge in [-0.3, -0.25) is 9.78 Å². The Kier molecular flexibility index (Phi) is 3.22. The van der Waals surface area contributed by atoms with Crippen LogP contribution in [0.5, 0.6) is 0 Å². The molecular formula is C13H18N2O. The highest BCUT2D eigenvalue weighted by Crippen LogP contribution is 2.30. The van der Waals surface area contributed by atoms with Crippen molar-refractivity contribution >= 4 is 5.91 Å². The quantitative estimate of drug-likeness (QED) is 0.725. The van der Waals surface area contributed by atoms with Gasteiger partial charge in [-0.1, -0.05) is 6.07 Å². The highest BCUT2D eigenvalue weighted by atomic mass is 16.2. The molecule has 1 aromatic heterocycles. The summed E-state index contributed by atoms with van der Waals surface area (Å²) in [6, 6.07) is 2.37. The number of amides is 1. The standard InChI is InChI=1S/C13H18N2O/c1-10-7-12(9-14-8-10)13-5-3-4-6-15(13)11(2)16/h7-9,13H,3-6H2,1-2H3/t13-/m1/s1. The van der Waals surface area contributed by atoms with Crippen molar-refractivity contribution in [1.29, 1.82) is 0 Å². The van der Waals surface area contributed by atoms with Crippen LogP contribution in [0.1, 0.15) is 43.4 Å². The Morgan fingerprint density at radius 2 is 2.25 bits per heavy atom. The van der Waals surface area contributed by atoms with E-state index in [1.54, 1.807) is 6.92 Å². The van der Waals surface area contributed by atoms with E-state index in [2.05, 4.69) is 11.1 Å². The molecule has 1 aromatic rings. The van der Waals surface area contributed by atoms with Crippen LogP contribution in [0.3, 0.4) is 0 Å². The molecule has 2 heterocycles. The lowest BCUT2D eigenvalue weighted by Gasteiger charge is -2.35. The molecule has 1 fully saturated rings. The van der Waals surface area contributed by atoms with Gasteiger partial charge >= 0.3 is 0 Å². The predicted octanol–water partition coefficient (Wildman–Crippen LogP) is 2.46. The molecule has 3 heteroatoms. The molecule has 1 saturated heterocycles. The topological polar surface area (TPSA) is 33.2 Å². The van der Waals surface area contributed by atoms with Crippen LogP contribution >= 0.6 is 0 Å². The van der Waals surface area contributed by atoms with Gasteiger partial charge in [-0.25, -0.2) is 0 Å². The van der Waals surface area contributed by atoms with Crippen LogP contribution in [0, 0.1) is 6.92 Å². The first-order chi connectivity index (χ1) is 7.68. The third-order valence-electron chi connectivity index (χ3n) is 3.19. The van der Waals surface area contributed by atoms with Gasteiger partial charge in [-0.05, 0) is 37.3 Å². The molecule has 1 amide bonds. The molecule has 0 radical (unpaired) electrons. The number of piperidine rings is 1. The van der Waals surface area contributed by atoms with Crippen molar-refractivity contribution in [1.82, 2.24) is 9.88 Å². The highest BCUT2D eigenvalue weighted by molar-refractivity contribution is 5.74. The number of pyridine rings is 1. The monoisotopic (exact) mass is 218 g/mol. The number of nitrogens with zero attached hydrogens (tertiary/aromatic N) is 2. The number of hydrogen-bond donors (Lipinski definition) is 0. The molecule has 0 spiro atoms. The molecule has 1 aliphatic heterocycles. The largest absolute Gasteiger partial charge is 0.336 e. The summed E-state index contributed by atoms with van der Waals surface area (Å²) in [6.45, 7) is 4.58. The lowest BCUT2D eigenvalue weighted by molar-refractivity contribution is -0.132. The number of aryl methyl sites for hydroxylation is 1. The molecule has 0 bridgehead atoms. The van der Waals surface area contributed by atoms with E-state index in [4.69, 9.17) is 0 Å². The smallest absolute Gasteiger partial charge is 0.219 e. The summed E-state index contributed by atoms with van der Waals surface area (Å²) < 4.78 is 0. The van der Waals surface area contributed by atoms with Crippen LogP contribution < -0.4 is 0 Å². The Morgan fingerprint density at radius 1 is 1.44 bits per heavy atom. The number of hydrogen-bond acceptors (Lipinski definition) is 2. The second-order valence-electron chi connectivity index (χ2n) is 4.52. The van der Waals surface area contributed by atoms with Gasteiger partial charge in [-0.15, -0.1) is 0 Å². The first-order valence-corrected chi connectivity index (χ1v) is 5.87. The summed E-state index contributed by atoms with van der Waals surface area (Å²) in [5.74, 6) is 0.172. The second kappa shape index (κ2) is 4.64. The van der Waals surface area contributed by atoms with Gasteiger partial charge in [0, 0.05) is 25.9 Å². The maximum absolute atomic E-state index is 11.6. The normalized spacial score (nSPS) is 20.9. The number of carbonyl (C=O) groups excluding carboxylic acids is 1. The Hall–Kier alpha value is -1.38. The van der Waals surface area contributed by atoms with E-state index in [-0.39, 0.29) is 11.9 Å². The maximum atomic E-state index is 11.6. The molecule has 1 aliphatic rings. The van der Waals surface area contributed by atoms with Crippen molar-refractivity contribution in [3.05, 3.63) is 29.6 Å². The summed E-state index contributed by atoms with van der Waals surface area (Å²) >= 11 is 0. The van der Waals surface area contributed by atoms with E-state index in [9.17, 15) is 4.79 Å². The minimum Gasteiger partial charge on any atom is -0.336 e. The molecule has 0 unspecified atom stereocenters. The second-order valence-corrected chi connectivity index (χ2v) is 4.52. The van der Waals surface area contributed by atoms with Gasteiger partial charge in [0.25, 0.3) is 0 Å². The minimum atomic E-state index is 0.172. The van der Waals surface area contributed by atoms with E-state index < -0.39 is 0 Å². The zero-order chi connectivity index (χ0) is 11.5. The van der Waals surface area contributed by atoms with Gasteiger partial charge < -0.3 is 4.90 Å². The Morgan fingerprint density at radius 3 is 2.94 bits per heavy atom. The maximum Gasteiger partial charge on any atom is 0.219 e. The molecule has 2 rings (SSSR count). The lowest BCUT2D eigenvalue weighted by Crippen LogP contribution is -2.37. The summed E-state index contributed by atoms with van der Waals surface area (Å²) in [4.78, 5) is 17.8. The van der Waals surface area contributed by atoms with Crippen LogP contribution in [0.2, 0.25) is 0 Å². The molecule has 3 nitrogen and oxygen atoms in total. The Labute approximate surface area is 96.5 Å². The number of aromatic nitrogens is 1. The molecule has 0 saturated carbocycles. The first kappa shape index (κ1) is 11.1. The first-order valence-electron chi connectivity index (χ1n) is 5.87. The summed E-state index contributed by atoms with van der Waals surface area (Å²) in [5, 5.41) is 0. The Balaban J connectivity index is 2.26. The van der Waals surface area contributed by atoms with Crippen LogP contribution in [-0.2, 0) is 4.79 Å². The fourth-order valence-corrected chi connectivity index (χ4v) is 2.42. The average molecular weight is 218 g/mol. The summed E-state index contributed by atoms with van der Waals surface area (Å²) in [6.07, 6.45) is 7.12. The molecule has 86 valence electrons. The highest BCUT2D eigenvalue weighted by Gasteiger charge is 2.25. The lowest BCUT2D eigenvalue weighted by atomic mass is 9.96. The zero-order valence-electron chi connectivity index (χ0n) is 9.94. The van der Waals surface area contributed by atoms with E-state index in [0.29, 0.717) is 0 Å². The number of rotatable bonds is 1. The molecule has 1 atom stereocenters. The third kappa shape index (κ3) is 2.23. The van der Waals surface area contributed by atoms with Gasteiger partial charge in [-0.2, -0.15) is 0 Å². The van der Waals surface area contributed by atoms with Crippen LogP contribution in [0.15, 0.2) is 18.5 Å². The van der Waals surface area contributed by atoms with Crippen molar-refractivity contribution < 1.29 is 4.79 Å². The van der Waals surface area contributed by atoms with Crippen molar-refractivity contribution in [2.24, 2.45) is 0 Å². The minimum absolute atomic E-state index is 0.172. The molecule has 16 heavy (non-hydrogen) atoms. The van der Waals surface area contributed by atoms with Crippen molar-refractivity contribution in [3.8, 4) is 0 Å². The van der Waals surface area contributed by atoms with Crippen molar-refractivity contribution in [2.75, 3.05) is 6.54 Å². The fourth-order valence-electron chi connectivity index (χ4n) is 2.42. The SMILES string of the molecule is CC(=O)N1CCCC[C@@H]1c1cncc(C)c1. The third-order valence-corrected chi connectivity index (χ3v) is 3.19. The van der Waals surface area contributed by atoms with Crippen molar-refractivity contribution in [2.45, 2.75) is 39.2 Å². The van der Waals surface area contributed by atoms with Crippen LogP contribution in [0.25, 0.3) is 0 Å². The van der Waals surface area contributed by atoms with E-state index in [1.807, 2.05) is 24.2 Å². The fraction of sp³-hybridized carbons (Fsp3) is 0.538. The molecule has 0 N–H and O–H groups in total. The number of likely N-dealkylation sites (tertiary alicyclic amines) is 1. The van der Waals surface area contributed by atoms with E-state index in [1.165, 1.54) is 12.0 Å². The molecule has 0 aliphatic carbocycles. The van der Waals surface area contributed by atoms with Gasteiger partial charge in [0.1, 0.15) is 0 Å². The Bertz CT molecular complexity index is 389.